The molecule has 2 heterocycles. The number of amides is 1. The number of methoxy groups -OCH3 is 1. The van der Waals surface area contributed by atoms with Crippen LogP contribution < -0.4 is 0 Å². The molecule has 1 aromatic heterocycles. The molecule has 0 bridgehead atoms. The smallest absolute Gasteiger partial charge is 0.291 e. The second-order valence-electron chi connectivity index (χ2n) is 7.46. The largest absolute Gasteiger partial charge is 0.438 e. The Morgan fingerprint density at radius 3 is 2.88 bits per heavy atom. The molecule has 1 amide bonds. The highest BCUT2D eigenvalue weighted by Gasteiger charge is 2.41. The molecule has 0 N–H and O–H groups in total. The van der Waals surface area contributed by atoms with E-state index in [-0.39, 0.29) is 11.9 Å². The summed E-state index contributed by atoms with van der Waals surface area (Å²) in [5.74, 6) is 0.882. The summed E-state index contributed by atoms with van der Waals surface area (Å²) in [7, 11) is 3.72. The maximum absolute atomic E-state index is 13.0. The number of hydrogen-bond acceptors (Lipinski definition) is 5. The lowest BCUT2D eigenvalue weighted by Crippen LogP contribution is -2.49. The lowest BCUT2D eigenvalue weighted by molar-refractivity contribution is 0.0577. The second-order valence-corrected chi connectivity index (χ2v) is 7.46. The topological polar surface area (TPSA) is 58.8 Å². The fraction of sp³-hybridized carbons (Fsp3) is 0.778. The van der Waals surface area contributed by atoms with Gasteiger partial charge in [-0.15, -0.1) is 0 Å². The molecule has 132 valence electrons. The first-order valence-electron chi connectivity index (χ1n) is 9.16. The molecule has 0 spiro atoms. The summed E-state index contributed by atoms with van der Waals surface area (Å²) in [6.45, 7) is 2.05. The van der Waals surface area contributed by atoms with Crippen molar-refractivity contribution in [2.75, 3.05) is 27.2 Å². The normalized spacial score (nSPS) is 30.8. The molecule has 24 heavy (non-hydrogen) atoms. The highest BCUT2D eigenvalue weighted by atomic mass is 16.5. The summed E-state index contributed by atoms with van der Waals surface area (Å²) >= 11 is 0. The maximum Gasteiger partial charge on any atom is 0.291 e. The summed E-state index contributed by atoms with van der Waals surface area (Å²) in [4.78, 5) is 21.7. The van der Waals surface area contributed by atoms with Gasteiger partial charge < -0.3 is 14.1 Å². The van der Waals surface area contributed by atoms with Gasteiger partial charge >= 0.3 is 0 Å². The second kappa shape index (κ2) is 6.48. The van der Waals surface area contributed by atoms with Crippen molar-refractivity contribution in [3.05, 3.63) is 17.8 Å². The molecule has 4 rings (SSSR count). The number of nitrogens with zero attached hydrogens (tertiary/aromatic N) is 3. The minimum atomic E-state index is -0.00575. The molecule has 1 aromatic rings. The number of likely N-dealkylation sites (tertiary alicyclic amines) is 1. The zero-order valence-corrected chi connectivity index (χ0v) is 14.6. The van der Waals surface area contributed by atoms with E-state index in [1.165, 1.54) is 12.8 Å². The van der Waals surface area contributed by atoms with E-state index in [4.69, 9.17) is 9.15 Å². The number of rotatable bonds is 5. The number of aromatic nitrogens is 1. The third-order valence-corrected chi connectivity index (χ3v) is 5.99. The van der Waals surface area contributed by atoms with Gasteiger partial charge in [-0.25, -0.2) is 4.98 Å². The third kappa shape index (κ3) is 2.86. The Balaban J connectivity index is 1.47. The molecule has 1 aliphatic heterocycles. The summed E-state index contributed by atoms with van der Waals surface area (Å²) in [6, 6.07) is 0.691. The van der Waals surface area contributed by atoms with Gasteiger partial charge in [0.05, 0.1) is 11.8 Å². The molecular formula is C18H27N3O3. The van der Waals surface area contributed by atoms with Gasteiger partial charge in [0, 0.05) is 45.2 Å². The molecule has 6 heteroatoms. The van der Waals surface area contributed by atoms with Gasteiger partial charge in [0.2, 0.25) is 5.76 Å². The van der Waals surface area contributed by atoms with Gasteiger partial charge in [-0.3, -0.25) is 9.69 Å². The number of oxazole rings is 1. The van der Waals surface area contributed by atoms with Gasteiger partial charge in [-0.2, -0.15) is 0 Å². The molecular weight excluding hydrogens is 306 g/mol. The first-order valence-corrected chi connectivity index (χ1v) is 9.16. The van der Waals surface area contributed by atoms with E-state index in [0.29, 0.717) is 23.8 Å². The van der Waals surface area contributed by atoms with Crippen molar-refractivity contribution in [1.82, 2.24) is 14.8 Å². The van der Waals surface area contributed by atoms with Crippen LogP contribution >= 0.6 is 0 Å². The van der Waals surface area contributed by atoms with Crippen molar-refractivity contribution in [2.45, 2.75) is 62.6 Å². The monoisotopic (exact) mass is 333 g/mol. The molecule has 1 saturated heterocycles. The quantitative estimate of drug-likeness (QED) is 0.827. The molecule has 3 fully saturated rings. The van der Waals surface area contributed by atoms with Gasteiger partial charge in [0.15, 0.2) is 6.39 Å². The lowest BCUT2D eigenvalue weighted by Gasteiger charge is -2.34. The number of likely N-dealkylation sites (N-methyl/N-ethyl adjacent to an activating group) is 1. The van der Waals surface area contributed by atoms with Crippen molar-refractivity contribution >= 4 is 5.91 Å². The van der Waals surface area contributed by atoms with Crippen LogP contribution in [0.15, 0.2) is 10.8 Å². The summed E-state index contributed by atoms with van der Waals surface area (Å²) in [6.07, 6.45) is 8.48. The maximum atomic E-state index is 13.0. The van der Waals surface area contributed by atoms with Crippen LogP contribution in [0.25, 0.3) is 0 Å². The molecule has 2 saturated carbocycles. The van der Waals surface area contributed by atoms with E-state index < -0.39 is 0 Å². The zero-order chi connectivity index (χ0) is 16.7. The van der Waals surface area contributed by atoms with E-state index in [1.807, 2.05) is 11.9 Å². The summed E-state index contributed by atoms with van der Waals surface area (Å²) in [5.41, 5.74) is 0.863. The standard InChI is InChI=1S/C18H27N3O3/c1-20(18(22)17-16(12-6-7-12)19-11-24-17)14-4-3-5-15(14)21-9-8-13(10-21)23-2/h11-15H,3-10H2,1-2H3/t13?,14-,15+/m1/s1. The highest BCUT2D eigenvalue weighted by Crippen LogP contribution is 2.41. The van der Waals surface area contributed by atoms with Gasteiger partial charge in [-0.05, 0) is 38.5 Å². The number of ether oxygens (including phenoxy) is 1. The van der Waals surface area contributed by atoms with Crippen LogP contribution in [0, 0.1) is 0 Å². The Morgan fingerprint density at radius 2 is 2.17 bits per heavy atom. The van der Waals surface area contributed by atoms with Crippen molar-refractivity contribution in [1.29, 1.82) is 0 Å². The lowest BCUT2D eigenvalue weighted by atomic mass is 10.1. The van der Waals surface area contributed by atoms with E-state index in [1.54, 1.807) is 7.11 Å². The average Bonchev–Trinajstić information content (AvgIpc) is 3.04. The first-order chi connectivity index (χ1) is 11.7. The molecule has 2 aliphatic carbocycles. The van der Waals surface area contributed by atoms with Crippen molar-refractivity contribution in [2.24, 2.45) is 0 Å². The Morgan fingerprint density at radius 1 is 1.33 bits per heavy atom. The van der Waals surface area contributed by atoms with Gasteiger partial charge in [-0.1, -0.05) is 0 Å². The minimum absolute atomic E-state index is 0.00575. The number of carbonyl (C=O) groups is 1. The van der Waals surface area contributed by atoms with E-state index in [0.717, 1.165) is 50.9 Å². The summed E-state index contributed by atoms with van der Waals surface area (Å²) < 4.78 is 11.0. The Bertz CT molecular complexity index is 598. The SMILES string of the molecule is COC1CCN([C@H]2CCC[C@H]2N(C)C(=O)c2ocnc2C2CC2)C1. The fourth-order valence-corrected chi connectivity index (χ4v) is 4.42. The highest BCUT2D eigenvalue weighted by molar-refractivity contribution is 5.92. The van der Waals surface area contributed by atoms with Crippen LogP contribution in [0.2, 0.25) is 0 Å². The molecule has 0 aromatic carbocycles. The van der Waals surface area contributed by atoms with Gasteiger partial charge in [0.25, 0.3) is 5.91 Å². The van der Waals surface area contributed by atoms with Crippen molar-refractivity contribution in [3.63, 3.8) is 0 Å². The molecule has 6 nitrogen and oxygen atoms in total. The van der Waals surface area contributed by atoms with Crippen LogP contribution in [0.3, 0.4) is 0 Å². The van der Waals surface area contributed by atoms with Crippen LogP contribution in [-0.2, 0) is 4.74 Å². The molecule has 0 radical (unpaired) electrons. The van der Waals surface area contributed by atoms with Crippen molar-refractivity contribution in [3.8, 4) is 0 Å². The van der Waals surface area contributed by atoms with E-state index in [9.17, 15) is 4.79 Å². The predicted molar refractivity (Wildman–Crippen MR) is 89.0 cm³/mol. The van der Waals surface area contributed by atoms with Crippen LogP contribution in [-0.4, -0.2) is 66.1 Å². The van der Waals surface area contributed by atoms with Crippen LogP contribution in [0.1, 0.15) is 60.7 Å². The number of hydrogen-bond donors (Lipinski definition) is 0. The molecule has 1 unspecified atom stereocenters. The minimum Gasteiger partial charge on any atom is -0.438 e. The molecule has 3 aliphatic rings. The van der Waals surface area contributed by atoms with Crippen molar-refractivity contribution < 1.29 is 13.9 Å². The Labute approximate surface area is 143 Å². The molecule has 3 atom stereocenters. The van der Waals surface area contributed by atoms with Crippen LogP contribution in [0.5, 0.6) is 0 Å². The Hall–Kier alpha value is -1.40. The summed E-state index contributed by atoms with van der Waals surface area (Å²) in [5, 5.41) is 0. The third-order valence-electron chi connectivity index (χ3n) is 5.99. The average molecular weight is 333 g/mol. The zero-order valence-electron chi connectivity index (χ0n) is 14.6. The number of carbonyl (C=O) groups excluding carboxylic acids is 1. The predicted octanol–water partition coefficient (Wildman–Crippen LogP) is 2.27. The fourth-order valence-electron chi connectivity index (χ4n) is 4.42. The van der Waals surface area contributed by atoms with E-state index in [2.05, 4.69) is 9.88 Å². The van der Waals surface area contributed by atoms with Crippen LogP contribution in [0.4, 0.5) is 0 Å². The van der Waals surface area contributed by atoms with E-state index >= 15 is 0 Å². The van der Waals surface area contributed by atoms with Gasteiger partial charge in [0.1, 0.15) is 0 Å². The first kappa shape index (κ1) is 16.1. The Kier molecular flexibility index (Phi) is 4.35.